The highest BCUT2D eigenvalue weighted by molar-refractivity contribution is 5.97. The molecule has 0 N–H and O–H groups in total. The second kappa shape index (κ2) is 8.76. The Hall–Kier alpha value is -3.69. The summed E-state index contributed by atoms with van der Waals surface area (Å²) >= 11 is 0. The van der Waals surface area contributed by atoms with Crippen LogP contribution < -0.4 is 14.2 Å². The zero-order valence-corrected chi connectivity index (χ0v) is 16.8. The van der Waals surface area contributed by atoms with Gasteiger partial charge in [0.2, 0.25) is 5.88 Å². The maximum Gasteiger partial charge on any atom is 0.257 e. The molecule has 0 spiro atoms. The number of nitrogens with zero attached hydrogens (tertiary/aromatic N) is 6. The number of benzene rings is 1. The van der Waals surface area contributed by atoms with Gasteiger partial charge in [-0.05, 0) is 18.6 Å². The lowest BCUT2D eigenvalue weighted by Crippen LogP contribution is -2.29. The third kappa shape index (κ3) is 4.17. The molecule has 1 amide bonds. The molecular formula is C20H22N6O4. The van der Waals surface area contributed by atoms with Gasteiger partial charge >= 0.3 is 0 Å². The molecule has 2 aromatic heterocycles. The van der Waals surface area contributed by atoms with Crippen LogP contribution in [-0.4, -0.2) is 63.1 Å². The van der Waals surface area contributed by atoms with Crippen molar-refractivity contribution in [2.24, 2.45) is 0 Å². The fourth-order valence-electron chi connectivity index (χ4n) is 3.35. The molecule has 0 aliphatic carbocycles. The lowest BCUT2D eigenvalue weighted by atomic mass is 10.1. The summed E-state index contributed by atoms with van der Waals surface area (Å²) in [6, 6.07) is 5.24. The number of likely N-dealkylation sites (tertiary alicyclic amines) is 1. The monoisotopic (exact) mass is 410 g/mol. The fourth-order valence-corrected chi connectivity index (χ4v) is 3.35. The molecular weight excluding hydrogens is 388 g/mol. The first-order valence-corrected chi connectivity index (χ1v) is 9.48. The largest absolute Gasteiger partial charge is 0.497 e. The van der Waals surface area contributed by atoms with Crippen LogP contribution in [0, 0.1) is 0 Å². The first kappa shape index (κ1) is 19.6. The van der Waals surface area contributed by atoms with Gasteiger partial charge in [-0.25, -0.2) is 9.67 Å². The number of rotatable bonds is 7. The smallest absolute Gasteiger partial charge is 0.257 e. The Morgan fingerprint density at radius 2 is 2.13 bits per heavy atom. The standard InChI is InChI=1S/C20H22N6O4/c1-28-16-3-4-17(18(9-16)29-2)20(27)25-8-5-15(12-25)26-11-14(23-24-26)13-30-19-10-21-6-7-22-19/h3-4,6-7,9-11,15H,5,8,12-13H2,1-2H3. The number of methoxy groups -OCH3 is 2. The normalized spacial score (nSPS) is 15.8. The minimum absolute atomic E-state index is 0.0518. The second-order valence-corrected chi connectivity index (χ2v) is 6.78. The van der Waals surface area contributed by atoms with Crippen molar-refractivity contribution < 1.29 is 19.0 Å². The summed E-state index contributed by atoms with van der Waals surface area (Å²) in [5.74, 6) is 1.48. The Balaban J connectivity index is 1.39. The number of carbonyl (C=O) groups is 1. The molecule has 1 fully saturated rings. The predicted octanol–water partition coefficient (Wildman–Crippen LogP) is 1.75. The van der Waals surface area contributed by atoms with E-state index in [2.05, 4.69) is 20.3 Å². The van der Waals surface area contributed by atoms with Crippen molar-refractivity contribution in [2.75, 3.05) is 27.3 Å². The molecule has 0 radical (unpaired) electrons. The van der Waals surface area contributed by atoms with Crippen LogP contribution in [-0.2, 0) is 6.61 Å². The van der Waals surface area contributed by atoms with Crippen molar-refractivity contribution >= 4 is 5.91 Å². The van der Waals surface area contributed by atoms with Crippen LogP contribution in [0.3, 0.4) is 0 Å². The highest BCUT2D eigenvalue weighted by Crippen LogP contribution is 2.29. The van der Waals surface area contributed by atoms with Crippen LogP contribution >= 0.6 is 0 Å². The van der Waals surface area contributed by atoms with Gasteiger partial charge in [-0.3, -0.25) is 9.78 Å². The van der Waals surface area contributed by atoms with Crippen LogP contribution in [0.25, 0.3) is 0 Å². The number of hydrogen-bond donors (Lipinski definition) is 0. The molecule has 1 aromatic carbocycles. The molecule has 1 aliphatic rings. The zero-order chi connectivity index (χ0) is 20.9. The van der Waals surface area contributed by atoms with Gasteiger partial charge < -0.3 is 19.1 Å². The maximum atomic E-state index is 13.0. The molecule has 30 heavy (non-hydrogen) atoms. The highest BCUT2D eigenvalue weighted by Gasteiger charge is 2.30. The molecule has 3 heterocycles. The van der Waals surface area contributed by atoms with E-state index in [9.17, 15) is 4.79 Å². The Kier molecular flexibility index (Phi) is 5.73. The van der Waals surface area contributed by atoms with Gasteiger partial charge in [0, 0.05) is 31.5 Å². The third-order valence-corrected chi connectivity index (χ3v) is 4.93. The van der Waals surface area contributed by atoms with Crippen LogP contribution in [0.4, 0.5) is 0 Å². The summed E-state index contributed by atoms with van der Waals surface area (Å²) in [5, 5.41) is 8.36. The molecule has 3 aromatic rings. The molecule has 10 heteroatoms. The van der Waals surface area contributed by atoms with E-state index >= 15 is 0 Å². The van der Waals surface area contributed by atoms with E-state index in [0.717, 1.165) is 6.42 Å². The molecule has 0 bridgehead atoms. The average Bonchev–Trinajstić information content (AvgIpc) is 3.47. The van der Waals surface area contributed by atoms with Gasteiger partial charge in [0.15, 0.2) is 0 Å². The van der Waals surface area contributed by atoms with E-state index in [1.54, 1.807) is 60.6 Å². The number of ether oxygens (including phenoxy) is 3. The van der Waals surface area contributed by atoms with Crippen LogP contribution in [0.15, 0.2) is 43.0 Å². The highest BCUT2D eigenvalue weighted by atomic mass is 16.5. The summed E-state index contributed by atoms with van der Waals surface area (Å²) in [6.07, 6.45) is 7.31. The minimum Gasteiger partial charge on any atom is -0.497 e. The Labute approximate surface area is 173 Å². The number of hydrogen-bond acceptors (Lipinski definition) is 8. The van der Waals surface area contributed by atoms with Crippen LogP contribution in [0.5, 0.6) is 17.4 Å². The minimum atomic E-state index is -0.0803. The molecule has 10 nitrogen and oxygen atoms in total. The molecule has 1 atom stereocenters. The Morgan fingerprint density at radius 1 is 1.23 bits per heavy atom. The topological polar surface area (TPSA) is 104 Å². The van der Waals surface area contributed by atoms with Gasteiger partial charge in [0.25, 0.3) is 5.91 Å². The van der Waals surface area contributed by atoms with Crippen molar-refractivity contribution in [3.63, 3.8) is 0 Å². The zero-order valence-electron chi connectivity index (χ0n) is 16.8. The molecule has 4 rings (SSSR count). The maximum absolute atomic E-state index is 13.0. The van der Waals surface area contributed by atoms with Crippen molar-refractivity contribution in [2.45, 2.75) is 19.1 Å². The van der Waals surface area contributed by atoms with Crippen molar-refractivity contribution in [3.8, 4) is 17.4 Å². The van der Waals surface area contributed by atoms with Gasteiger partial charge in [-0.1, -0.05) is 5.21 Å². The van der Waals surface area contributed by atoms with Crippen LogP contribution in [0.2, 0.25) is 0 Å². The fraction of sp³-hybridized carbons (Fsp3) is 0.350. The summed E-state index contributed by atoms with van der Waals surface area (Å²) < 4.78 is 17.9. The van der Waals surface area contributed by atoms with Gasteiger partial charge in [0.05, 0.1) is 38.2 Å². The number of amides is 1. The van der Waals surface area contributed by atoms with E-state index in [0.29, 0.717) is 41.7 Å². The third-order valence-electron chi connectivity index (χ3n) is 4.93. The number of aromatic nitrogens is 5. The molecule has 1 aliphatic heterocycles. The summed E-state index contributed by atoms with van der Waals surface area (Å²) in [4.78, 5) is 22.8. The van der Waals surface area contributed by atoms with E-state index in [4.69, 9.17) is 14.2 Å². The van der Waals surface area contributed by atoms with Gasteiger partial charge in [-0.15, -0.1) is 5.10 Å². The van der Waals surface area contributed by atoms with Gasteiger partial charge in [0.1, 0.15) is 23.8 Å². The summed E-state index contributed by atoms with van der Waals surface area (Å²) in [5.41, 5.74) is 1.19. The lowest BCUT2D eigenvalue weighted by Gasteiger charge is -2.18. The molecule has 1 unspecified atom stereocenters. The number of carbonyl (C=O) groups excluding carboxylic acids is 1. The Bertz CT molecular complexity index is 1010. The SMILES string of the molecule is COc1ccc(C(=O)N2CCC(n3cc(COc4cnccn4)nn3)C2)c(OC)c1. The van der Waals surface area contributed by atoms with Crippen molar-refractivity contribution in [1.82, 2.24) is 29.9 Å². The van der Waals surface area contributed by atoms with Gasteiger partial charge in [-0.2, -0.15) is 0 Å². The molecule has 156 valence electrons. The Morgan fingerprint density at radius 3 is 2.90 bits per heavy atom. The lowest BCUT2D eigenvalue weighted by molar-refractivity contribution is 0.0783. The second-order valence-electron chi connectivity index (χ2n) is 6.78. The van der Waals surface area contributed by atoms with Crippen molar-refractivity contribution in [3.05, 3.63) is 54.2 Å². The van der Waals surface area contributed by atoms with Crippen molar-refractivity contribution in [1.29, 1.82) is 0 Å². The molecule has 1 saturated heterocycles. The van der Waals surface area contributed by atoms with E-state index < -0.39 is 0 Å². The van der Waals surface area contributed by atoms with Crippen LogP contribution in [0.1, 0.15) is 28.5 Å². The first-order valence-electron chi connectivity index (χ1n) is 9.48. The summed E-state index contributed by atoms with van der Waals surface area (Å²) in [6.45, 7) is 1.42. The first-order chi connectivity index (χ1) is 14.7. The molecule has 0 saturated carbocycles. The van der Waals surface area contributed by atoms with E-state index in [-0.39, 0.29) is 18.6 Å². The quantitative estimate of drug-likeness (QED) is 0.580. The predicted molar refractivity (Wildman–Crippen MR) is 105 cm³/mol. The van der Waals surface area contributed by atoms with E-state index in [1.807, 2.05) is 6.20 Å². The van der Waals surface area contributed by atoms with E-state index in [1.165, 1.54) is 0 Å². The average molecular weight is 410 g/mol. The summed E-state index contributed by atoms with van der Waals surface area (Å²) in [7, 11) is 3.12.